The Labute approximate surface area is 177 Å². The number of amides is 2. The second-order valence-corrected chi connectivity index (χ2v) is 7.52. The SMILES string of the molecule is O=C(Cc1c[nH]c2ccc(F)cc12)Nc1ccc2c(c1)CCN2C(=O)c1cccnc1. The Morgan fingerprint density at radius 2 is 2.06 bits per heavy atom. The number of hydrogen-bond acceptors (Lipinski definition) is 3. The van der Waals surface area contributed by atoms with Gasteiger partial charge in [0, 0.05) is 47.4 Å². The first-order valence-electron chi connectivity index (χ1n) is 9.99. The molecule has 0 bridgehead atoms. The molecule has 2 aromatic heterocycles. The number of benzene rings is 2. The molecule has 6 nitrogen and oxygen atoms in total. The molecule has 2 amide bonds. The lowest BCUT2D eigenvalue weighted by Gasteiger charge is -2.17. The highest BCUT2D eigenvalue weighted by atomic mass is 19.1. The molecule has 2 N–H and O–H groups in total. The van der Waals surface area contributed by atoms with Gasteiger partial charge in [-0.1, -0.05) is 0 Å². The summed E-state index contributed by atoms with van der Waals surface area (Å²) in [7, 11) is 0. The van der Waals surface area contributed by atoms with E-state index in [1.54, 1.807) is 47.8 Å². The summed E-state index contributed by atoms with van der Waals surface area (Å²) < 4.78 is 13.6. The molecule has 4 aromatic rings. The number of pyridine rings is 1. The van der Waals surface area contributed by atoms with Crippen molar-refractivity contribution in [2.24, 2.45) is 0 Å². The molecule has 0 saturated carbocycles. The molecule has 0 fully saturated rings. The van der Waals surface area contributed by atoms with Crippen LogP contribution in [-0.2, 0) is 17.6 Å². The van der Waals surface area contributed by atoms with E-state index < -0.39 is 0 Å². The highest BCUT2D eigenvalue weighted by Gasteiger charge is 2.26. The molecule has 1 aliphatic heterocycles. The van der Waals surface area contributed by atoms with Crippen LogP contribution >= 0.6 is 0 Å². The lowest BCUT2D eigenvalue weighted by molar-refractivity contribution is -0.115. The smallest absolute Gasteiger partial charge is 0.259 e. The number of rotatable bonds is 4. The number of H-pyrrole nitrogens is 1. The van der Waals surface area contributed by atoms with Crippen molar-refractivity contribution in [3.05, 3.63) is 89.6 Å². The van der Waals surface area contributed by atoms with Crippen LogP contribution < -0.4 is 10.2 Å². The van der Waals surface area contributed by atoms with E-state index in [-0.39, 0.29) is 24.1 Å². The summed E-state index contributed by atoms with van der Waals surface area (Å²) in [5, 5.41) is 3.61. The number of carbonyl (C=O) groups excluding carboxylic acids is 2. The fourth-order valence-electron chi connectivity index (χ4n) is 4.01. The van der Waals surface area contributed by atoms with Crippen LogP contribution in [0.25, 0.3) is 10.9 Å². The van der Waals surface area contributed by atoms with Gasteiger partial charge in [-0.2, -0.15) is 0 Å². The van der Waals surface area contributed by atoms with Gasteiger partial charge in [0.2, 0.25) is 5.91 Å². The Balaban J connectivity index is 1.30. The topological polar surface area (TPSA) is 78.1 Å². The van der Waals surface area contributed by atoms with Crippen LogP contribution in [0.2, 0.25) is 0 Å². The molecule has 0 saturated heterocycles. The first kappa shape index (κ1) is 19.0. The van der Waals surface area contributed by atoms with E-state index in [0.29, 0.717) is 29.6 Å². The van der Waals surface area contributed by atoms with Gasteiger partial charge in [-0.25, -0.2) is 4.39 Å². The van der Waals surface area contributed by atoms with Gasteiger partial charge in [0.1, 0.15) is 5.82 Å². The average molecular weight is 414 g/mol. The van der Waals surface area contributed by atoms with Crippen molar-refractivity contribution >= 4 is 34.1 Å². The van der Waals surface area contributed by atoms with Gasteiger partial charge in [0.15, 0.2) is 0 Å². The molecule has 5 rings (SSSR count). The molecule has 0 aliphatic carbocycles. The van der Waals surface area contributed by atoms with Crippen molar-refractivity contribution in [2.75, 3.05) is 16.8 Å². The van der Waals surface area contributed by atoms with E-state index in [9.17, 15) is 14.0 Å². The normalized spacial score (nSPS) is 12.7. The van der Waals surface area contributed by atoms with E-state index in [4.69, 9.17) is 0 Å². The van der Waals surface area contributed by atoms with Gasteiger partial charge in [-0.05, 0) is 66.1 Å². The van der Waals surface area contributed by atoms with Crippen molar-refractivity contribution < 1.29 is 14.0 Å². The average Bonchev–Trinajstić information content (AvgIpc) is 3.37. The first-order valence-corrected chi connectivity index (χ1v) is 9.99. The van der Waals surface area contributed by atoms with Crippen molar-refractivity contribution in [2.45, 2.75) is 12.8 Å². The van der Waals surface area contributed by atoms with E-state index in [0.717, 1.165) is 22.3 Å². The summed E-state index contributed by atoms with van der Waals surface area (Å²) in [5.41, 5.74) is 4.60. The molecule has 154 valence electrons. The highest BCUT2D eigenvalue weighted by molar-refractivity contribution is 6.07. The Morgan fingerprint density at radius 3 is 2.90 bits per heavy atom. The molecule has 0 unspecified atom stereocenters. The van der Waals surface area contributed by atoms with E-state index in [1.807, 2.05) is 12.1 Å². The van der Waals surface area contributed by atoms with Crippen LogP contribution in [0, 0.1) is 5.82 Å². The summed E-state index contributed by atoms with van der Waals surface area (Å²) >= 11 is 0. The first-order chi connectivity index (χ1) is 15.1. The van der Waals surface area contributed by atoms with Crippen LogP contribution in [0.5, 0.6) is 0 Å². The lowest BCUT2D eigenvalue weighted by atomic mass is 10.1. The Kier molecular flexibility index (Phi) is 4.71. The zero-order valence-electron chi connectivity index (χ0n) is 16.6. The quantitative estimate of drug-likeness (QED) is 0.528. The van der Waals surface area contributed by atoms with Crippen LogP contribution in [-0.4, -0.2) is 28.3 Å². The van der Waals surface area contributed by atoms with Crippen molar-refractivity contribution in [3.63, 3.8) is 0 Å². The van der Waals surface area contributed by atoms with Crippen LogP contribution in [0.3, 0.4) is 0 Å². The van der Waals surface area contributed by atoms with Crippen molar-refractivity contribution in [1.82, 2.24) is 9.97 Å². The molecule has 7 heteroatoms. The number of aromatic amines is 1. The molecule has 0 atom stereocenters. The second-order valence-electron chi connectivity index (χ2n) is 7.52. The van der Waals surface area contributed by atoms with Gasteiger partial charge < -0.3 is 15.2 Å². The molecule has 0 spiro atoms. The van der Waals surface area contributed by atoms with Gasteiger partial charge in [-0.15, -0.1) is 0 Å². The number of hydrogen-bond donors (Lipinski definition) is 2. The minimum Gasteiger partial charge on any atom is -0.361 e. The minimum atomic E-state index is -0.335. The van der Waals surface area contributed by atoms with Gasteiger partial charge in [0.05, 0.1) is 12.0 Å². The third-order valence-corrected chi connectivity index (χ3v) is 5.49. The third-order valence-electron chi connectivity index (χ3n) is 5.49. The predicted molar refractivity (Wildman–Crippen MR) is 117 cm³/mol. The third kappa shape index (κ3) is 3.66. The molecular weight excluding hydrogens is 395 g/mol. The van der Waals surface area contributed by atoms with E-state index in [2.05, 4.69) is 15.3 Å². The maximum atomic E-state index is 13.6. The summed E-state index contributed by atoms with van der Waals surface area (Å²) in [5.74, 6) is -0.612. The molecule has 1 aliphatic rings. The number of aromatic nitrogens is 2. The van der Waals surface area contributed by atoms with Crippen molar-refractivity contribution in [3.8, 4) is 0 Å². The number of anilines is 2. The molecule has 3 heterocycles. The minimum absolute atomic E-state index is 0.0878. The summed E-state index contributed by atoms with van der Waals surface area (Å²) in [6.45, 7) is 0.585. The van der Waals surface area contributed by atoms with Crippen LogP contribution in [0.4, 0.5) is 15.8 Å². The largest absolute Gasteiger partial charge is 0.361 e. The number of fused-ring (bicyclic) bond motifs is 2. The molecular formula is C24H19FN4O2. The fourth-order valence-corrected chi connectivity index (χ4v) is 4.01. The number of halogens is 1. The number of nitrogens with zero attached hydrogens (tertiary/aromatic N) is 2. The standard InChI is InChI=1S/C24H19FN4O2/c25-18-3-5-21-20(12-18)17(14-27-21)11-23(30)28-19-4-6-22-15(10-19)7-9-29(22)24(31)16-2-1-8-26-13-16/h1-6,8,10,12-14,27H,7,9,11H2,(H,28,30). The molecule has 2 aromatic carbocycles. The zero-order chi connectivity index (χ0) is 21.4. The maximum absolute atomic E-state index is 13.6. The summed E-state index contributed by atoms with van der Waals surface area (Å²) in [6.07, 6.45) is 5.77. The molecule has 31 heavy (non-hydrogen) atoms. The van der Waals surface area contributed by atoms with Crippen LogP contribution in [0.1, 0.15) is 21.5 Å². The Bertz CT molecular complexity index is 1300. The van der Waals surface area contributed by atoms with Crippen molar-refractivity contribution in [1.29, 1.82) is 0 Å². The fraction of sp³-hybridized carbons (Fsp3) is 0.125. The van der Waals surface area contributed by atoms with Crippen LogP contribution in [0.15, 0.2) is 67.1 Å². The summed E-state index contributed by atoms with van der Waals surface area (Å²) in [6, 6.07) is 13.5. The summed E-state index contributed by atoms with van der Waals surface area (Å²) in [4.78, 5) is 34.2. The second kappa shape index (κ2) is 7.68. The predicted octanol–water partition coefficient (Wildman–Crippen LogP) is 4.09. The Hall–Kier alpha value is -4.00. The lowest BCUT2D eigenvalue weighted by Crippen LogP contribution is -2.28. The van der Waals surface area contributed by atoms with Gasteiger partial charge in [-0.3, -0.25) is 14.6 Å². The zero-order valence-corrected chi connectivity index (χ0v) is 16.6. The number of nitrogens with one attached hydrogen (secondary N) is 2. The Morgan fingerprint density at radius 1 is 1.16 bits per heavy atom. The van der Waals surface area contributed by atoms with Gasteiger partial charge in [0.25, 0.3) is 5.91 Å². The van der Waals surface area contributed by atoms with E-state index >= 15 is 0 Å². The molecule has 0 radical (unpaired) electrons. The van der Waals surface area contributed by atoms with Gasteiger partial charge >= 0.3 is 0 Å². The maximum Gasteiger partial charge on any atom is 0.259 e. The number of carbonyl (C=O) groups is 2. The monoisotopic (exact) mass is 414 g/mol. The highest BCUT2D eigenvalue weighted by Crippen LogP contribution is 2.31. The van der Waals surface area contributed by atoms with E-state index in [1.165, 1.54) is 12.1 Å².